The number of pyridine rings is 1. The summed E-state index contributed by atoms with van der Waals surface area (Å²) in [6.07, 6.45) is 4.85. The second kappa shape index (κ2) is 6.61. The monoisotopic (exact) mass is 366 g/mol. The fourth-order valence-electron chi connectivity index (χ4n) is 2.97. The van der Waals surface area contributed by atoms with Crippen LogP contribution in [-0.2, 0) is 4.79 Å². The van der Waals surface area contributed by atoms with Crippen LogP contribution in [0, 0.1) is 0 Å². The first-order valence-corrected chi connectivity index (χ1v) is 8.35. The smallest absolute Gasteiger partial charge is 0.255 e. The number of fused-ring (bicyclic) bond motifs is 1. The summed E-state index contributed by atoms with van der Waals surface area (Å²) in [6, 6.07) is 10.3. The lowest BCUT2D eigenvalue weighted by atomic mass is 9.96. The molecular weight excluding hydrogens is 352 g/mol. The number of carbonyl (C=O) groups is 1. The zero-order valence-electron chi connectivity index (χ0n) is 13.8. The first-order valence-electron chi connectivity index (χ1n) is 7.97. The molecule has 0 spiro atoms. The van der Waals surface area contributed by atoms with Crippen molar-refractivity contribution >= 4 is 29.1 Å². The molecule has 4 rings (SSSR count). The number of benzene rings is 1. The predicted octanol–water partition coefficient (Wildman–Crippen LogP) is 3.25. The highest BCUT2D eigenvalue weighted by molar-refractivity contribution is 6.30. The summed E-state index contributed by atoms with van der Waals surface area (Å²) < 4.78 is 1.69. The van der Waals surface area contributed by atoms with E-state index < -0.39 is 6.04 Å². The minimum atomic E-state index is -0.399. The Morgan fingerprint density at radius 3 is 2.65 bits per heavy atom. The Balaban J connectivity index is 1.74. The second-order valence-corrected chi connectivity index (χ2v) is 6.27. The Labute approximate surface area is 154 Å². The lowest BCUT2D eigenvalue weighted by Crippen LogP contribution is -2.31. The Hall–Kier alpha value is -3.19. The average molecular weight is 367 g/mol. The van der Waals surface area contributed by atoms with E-state index in [0.29, 0.717) is 22.2 Å². The summed E-state index contributed by atoms with van der Waals surface area (Å²) in [4.78, 5) is 21.3. The van der Waals surface area contributed by atoms with E-state index in [1.807, 2.05) is 19.1 Å². The summed E-state index contributed by atoms with van der Waals surface area (Å²) in [7, 11) is 0. The number of rotatable bonds is 3. The van der Waals surface area contributed by atoms with E-state index >= 15 is 0 Å². The highest BCUT2D eigenvalue weighted by atomic mass is 35.5. The van der Waals surface area contributed by atoms with Crippen molar-refractivity contribution in [1.82, 2.24) is 19.7 Å². The standard InChI is InChI=1S/C18H15ClN6O/c1-11-15(17(26)24-14-4-2-13(19)3-5-14)16(12-6-8-20-9-7-12)25-18(23-11)21-10-22-25/h2-10,16H,1H3,(H,24,26)(H,21,22,23)/t16-/m1/s1. The summed E-state index contributed by atoms with van der Waals surface area (Å²) in [5.74, 6) is 0.368. The van der Waals surface area contributed by atoms with Gasteiger partial charge in [0.1, 0.15) is 12.4 Å². The molecule has 1 aliphatic heterocycles. The summed E-state index contributed by atoms with van der Waals surface area (Å²) in [5, 5.41) is 11.0. The number of carbonyl (C=O) groups excluding carboxylic acids is 1. The first-order chi connectivity index (χ1) is 12.6. The lowest BCUT2D eigenvalue weighted by Gasteiger charge is -2.28. The van der Waals surface area contributed by atoms with Crippen LogP contribution in [0.15, 0.2) is 66.4 Å². The number of anilines is 2. The molecule has 1 amide bonds. The highest BCUT2D eigenvalue weighted by Crippen LogP contribution is 2.34. The molecule has 0 bridgehead atoms. The molecule has 2 N–H and O–H groups in total. The molecule has 0 aliphatic carbocycles. The van der Waals surface area contributed by atoms with Gasteiger partial charge >= 0.3 is 0 Å². The molecule has 0 radical (unpaired) electrons. The lowest BCUT2D eigenvalue weighted by molar-refractivity contribution is -0.113. The second-order valence-electron chi connectivity index (χ2n) is 5.84. The number of hydrogen-bond acceptors (Lipinski definition) is 5. The average Bonchev–Trinajstić information content (AvgIpc) is 3.11. The van der Waals surface area contributed by atoms with Crippen LogP contribution < -0.4 is 10.6 Å². The maximum Gasteiger partial charge on any atom is 0.255 e. The molecule has 3 heterocycles. The third-order valence-corrected chi connectivity index (χ3v) is 4.41. The van der Waals surface area contributed by atoms with Crippen molar-refractivity contribution in [3.05, 3.63) is 77.0 Å². The van der Waals surface area contributed by atoms with E-state index in [1.165, 1.54) is 6.33 Å². The first kappa shape index (κ1) is 16.3. The normalized spacial score (nSPS) is 16.0. The maximum absolute atomic E-state index is 13.1. The maximum atomic E-state index is 13.1. The van der Waals surface area contributed by atoms with Gasteiger partial charge in [-0.2, -0.15) is 10.1 Å². The zero-order valence-corrected chi connectivity index (χ0v) is 14.6. The van der Waals surface area contributed by atoms with E-state index in [9.17, 15) is 4.79 Å². The Morgan fingerprint density at radius 2 is 1.92 bits per heavy atom. The van der Waals surface area contributed by atoms with E-state index in [2.05, 4.69) is 25.7 Å². The Bertz CT molecular complexity index is 980. The van der Waals surface area contributed by atoms with Crippen molar-refractivity contribution in [3.8, 4) is 0 Å². The largest absolute Gasteiger partial charge is 0.328 e. The van der Waals surface area contributed by atoms with Gasteiger partial charge in [0.2, 0.25) is 5.95 Å². The SMILES string of the molecule is CC1=C(C(=O)Nc2ccc(Cl)cc2)[C@@H](c2ccncc2)n2ncnc2N1. The Kier molecular flexibility index (Phi) is 4.14. The van der Waals surface area contributed by atoms with Crippen LogP contribution in [0.4, 0.5) is 11.6 Å². The van der Waals surface area contributed by atoms with E-state index in [1.54, 1.807) is 41.3 Å². The van der Waals surface area contributed by atoms with E-state index in [0.717, 1.165) is 11.3 Å². The highest BCUT2D eigenvalue weighted by Gasteiger charge is 2.33. The van der Waals surface area contributed by atoms with Gasteiger partial charge in [-0.25, -0.2) is 4.68 Å². The molecule has 2 aromatic heterocycles. The van der Waals surface area contributed by atoms with Crippen LogP contribution in [0.25, 0.3) is 0 Å². The van der Waals surface area contributed by atoms with Crippen molar-refractivity contribution in [2.45, 2.75) is 13.0 Å². The third-order valence-electron chi connectivity index (χ3n) is 4.16. The van der Waals surface area contributed by atoms with Crippen molar-refractivity contribution in [2.75, 3.05) is 10.6 Å². The molecule has 0 unspecified atom stereocenters. The van der Waals surface area contributed by atoms with Crippen LogP contribution in [-0.4, -0.2) is 25.7 Å². The number of halogens is 1. The fraction of sp³-hybridized carbons (Fsp3) is 0.111. The summed E-state index contributed by atoms with van der Waals surface area (Å²) >= 11 is 5.91. The molecule has 8 heteroatoms. The van der Waals surface area contributed by atoms with Crippen LogP contribution in [0.3, 0.4) is 0 Å². The zero-order chi connectivity index (χ0) is 18.1. The number of hydrogen-bond donors (Lipinski definition) is 2. The molecule has 1 aromatic carbocycles. The minimum Gasteiger partial charge on any atom is -0.328 e. The van der Waals surface area contributed by atoms with Gasteiger partial charge in [0.25, 0.3) is 5.91 Å². The molecule has 0 fully saturated rings. The fourth-order valence-corrected chi connectivity index (χ4v) is 3.10. The van der Waals surface area contributed by atoms with Gasteiger partial charge in [-0.3, -0.25) is 9.78 Å². The quantitative estimate of drug-likeness (QED) is 0.743. The molecule has 26 heavy (non-hydrogen) atoms. The summed E-state index contributed by atoms with van der Waals surface area (Å²) in [5.41, 5.74) is 2.84. The van der Waals surface area contributed by atoms with Crippen molar-refractivity contribution in [1.29, 1.82) is 0 Å². The van der Waals surface area contributed by atoms with E-state index in [-0.39, 0.29) is 5.91 Å². The van der Waals surface area contributed by atoms with Crippen LogP contribution >= 0.6 is 11.6 Å². The topological polar surface area (TPSA) is 84.7 Å². The van der Waals surface area contributed by atoms with Gasteiger partial charge < -0.3 is 10.6 Å². The number of nitrogens with zero attached hydrogens (tertiary/aromatic N) is 4. The molecule has 1 atom stereocenters. The van der Waals surface area contributed by atoms with Gasteiger partial charge in [0.05, 0.1) is 5.57 Å². The number of nitrogens with one attached hydrogen (secondary N) is 2. The van der Waals surface area contributed by atoms with Crippen molar-refractivity contribution in [2.24, 2.45) is 0 Å². The van der Waals surface area contributed by atoms with Gasteiger partial charge in [-0.05, 0) is 48.9 Å². The van der Waals surface area contributed by atoms with Gasteiger partial charge in [0.15, 0.2) is 0 Å². The predicted molar refractivity (Wildman–Crippen MR) is 98.8 cm³/mol. The summed E-state index contributed by atoms with van der Waals surface area (Å²) in [6.45, 7) is 1.85. The molecule has 1 aliphatic rings. The van der Waals surface area contributed by atoms with Crippen LogP contribution in [0.5, 0.6) is 0 Å². The molecule has 130 valence electrons. The van der Waals surface area contributed by atoms with Gasteiger partial charge in [0, 0.05) is 28.8 Å². The number of allylic oxidation sites excluding steroid dienone is 1. The molecular formula is C18H15ClN6O. The molecule has 0 saturated carbocycles. The third kappa shape index (κ3) is 2.93. The van der Waals surface area contributed by atoms with Gasteiger partial charge in [-0.1, -0.05) is 11.6 Å². The molecule has 7 nitrogen and oxygen atoms in total. The van der Waals surface area contributed by atoms with Crippen molar-refractivity contribution < 1.29 is 4.79 Å². The Morgan fingerprint density at radius 1 is 1.19 bits per heavy atom. The van der Waals surface area contributed by atoms with Crippen molar-refractivity contribution in [3.63, 3.8) is 0 Å². The van der Waals surface area contributed by atoms with Gasteiger partial charge in [-0.15, -0.1) is 0 Å². The number of amides is 1. The van der Waals surface area contributed by atoms with E-state index in [4.69, 9.17) is 11.6 Å². The molecule has 0 saturated heterocycles. The molecule has 3 aromatic rings. The van der Waals surface area contributed by atoms with Crippen LogP contribution in [0.1, 0.15) is 18.5 Å². The minimum absolute atomic E-state index is 0.222. The van der Waals surface area contributed by atoms with Crippen LogP contribution in [0.2, 0.25) is 5.02 Å². The number of aromatic nitrogens is 4.